The first-order valence-electron chi connectivity index (χ1n) is 8.45. The van der Waals surface area contributed by atoms with E-state index in [2.05, 4.69) is 48.0 Å². The number of hydrogen-bond acceptors (Lipinski definition) is 4. The maximum atomic E-state index is 12.7. The summed E-state index contributed by atoms with van der Waals surface area (Å²) in [6, 6.07) is 10.4. The van der Waals surface area contributed by atoms with Gasteiger partial charge in [-0.05, 0) is 26.1 Å². The number of para-hydroxylation sites is 1. The van der Waals surface area contributed by atoms with Gasteiger partial charge >= 0.3 is 0 Å². The molecule has 1 unspecified atom stereocenters. The zero-order chi connectivity index (χ0) is 16.3. The van der Waals surface area contributed by atoms with Gasteiger partial charge in [-0.1, -0.05) is 18.2 Å². The molecular formula is C18H27N3O2. The number of amides is 1. The molecule has 0 radical (unpaired) electrons. The summed E-state index contributed by atoms with van der Waals surface area (Å²) in [5.74, 6) is 0.248. The van der Waals surface area contributed by atoms with Crippen molar-refractivity contribution >= 4 is 11.6 Å². The molecule has 1 atom stereocenters. The highest BCUT2D eigenvalue weighted by molar-refractivity contribution is 5.77. The summed E-state index contributed by atoms with van der Waals surface area (Å²) in [4.78, 5) is 19.3. The van der Waals surface area contributed by atoms with E-state index in [0.717, 1.165) is 39.3 Å². The summed E-state index contributed by atoms with van der Waals surface area (Å²) < 4.78 is 5.60. The van der Waals surface area contributed by atoms with Crippen LogP contribution in [-0.4, -0.2) is 74.2 Å². The van der Waals surface area contributed by atoms with Crippen molar-refractivity contribution in [1.82, 2.24) is 9.80 Å². The second-order valence-corrected chi connectivity index (χ2v) is 6.85. The highest BCUT2D eigenvalue weighted by Crippen LogP contribution is 2.24. The molecule has 0 aliphatic carbocycles. The van der Waals surface area contributed by atoms with E-state index in [-0.39, 0.29) is 11.4 Å². The Kier molecular flexibility index (Phi) is 4.87. The van der Waals surface area contributed by atoms with Crippen LogP contribution in [0.4, 0.5) is 5.69 Å². The highest BCUT2D eigenvalue weighted by Gasteiger charge is 2.36. The molecule has 5 heteroatoms. The normalized spacial score (nSPS) is 26.3. The minimum absolute atomic E-state index is 0.175. The summed E-state index contributed by atoms with van der Waals surface area (Å²) in [6.45, 7) is 7.82. The molecule has 2 fully saturated rings. The Morgan fingerprint density at radius 2 is 1.83 bits per heavy atom. The standard InChI is InChI=1S/C18H27N3O2/c1-18(15-23-13-12-19(18)2)14-17(22)21-10-8-20(9-11-21)16-6-4-3-5-7-16/h3-7H,8-15H2,1-2H3. The lowest BCUT2D eigenvalue weighted by molar-refractivity contribution is -0.138. The molecule has 5 nitrogen and oxygen atoms in total. The molecule has 0 bridgehead atoms. The first-order valence-corrected chi connectivity index (χ1v) is 8.45. The first-order chi connectivity index (χ1) is 11.1. The lowest BCUT2D eigenvalue weighted by Gasteiger charge is -2.43. The first kappa shape index (κ1) is 16.3. The number of piperazine rings is 1. The minimum atomic E-state index is -0.175. The van der Waals surface area contributed by atoms with Crippen LogP contribution >= 0.6 is 0 Å². The Hall–Kier alpha value is -1.59. The number of rotatable bonds is 3. The average molecular weight is 317 g/mol. The van der Waals surface area contributed by atoms with E-state index in [0.29, 0.717) is 13.0 Å². The largest absolute Gasteiger partial charge is 0.378 e. The van der Waals surface area contributed by atoms with Crippen molar-refractivity contribution in [3.05, 3.63) is 30.3 Å². The summed E-state index contributed by atoms with van der Waals surface area (Å²) in [5, 5.41) is 0. The van der Waals surface area contributed by atoms with Crippen molar-refractivity contribution in [2.75, 3.05) is 57.9 Å². The van der Waals surface area contributed by atoms with Gasteiger partial charge in [0.2, 0.25) is 5.91 Å². The fraction of sp³-hybridized carbons (Fsp3) is 0.611. The molecule has 2 saturated heterocycles. The third-order valence-corrected chi connectivity index (χ3v) is 5.19. The van der Waals surface area contributed by atoms with E-state index in [1.54, 1.807) is 0 Å². The van der Waals surface area contributed by atoms with E-state index in [9.17, 15) is 4.79 Å². The Balaban J connectivity index is 1.54. The number of morpholine rings is 1. The van der Waals surface area contributed by atoms with Gasteiger partial charge in [0.25, 0.3) is 0 Å². The molecule has 126 valence electrons. The quantitative estimate of drug-likeness (QED) is 0.845. The van der Waals surface area contributed by atoms with Crippen LogP contribution in [0.2, 0.25) is 0 Å². The van der Waals surface area contributed by atoms with Gasteiger partial charge in [-0.3, -0.25) is 9.69 Å². The van der Waals surface area contributed by atoms with Crippen LogP contribution in [0.15, 0.2) is 30.3 Å². The summed E-state index contributed by atoms with van der Waals surface area (Å²) in [6.07, 6.45) is 0.537. The predicted octanol–water partition coefficient (Wildman–Crippen LogP) is 1.45. The molecule has 2 aliphatic rings. The van der Waals surface area contributed by atoms with Gasteiger partial charge in [0, 0.05) is 50.4 Å². The van der Waals surface area contributed by atoms with Gasteiger partial charge in [0.15, 0.2) is 0 Å². The number of anilines is 1. The van der Waals surface area contributed by atoms with Crippen molar-refractivity contribution < 1.29 is 9.53 Å². The van der Waals surface area contributed by atoms with Gasteiger partial charge in [-0.15, -0.1) is 0 Å². The second-order valence-electron chi connectivity index (χ2n) is 6.85. The number of benzene rings is 1. The van der Waals surface area contributed by atoms with Crippen molar-refractivity contribution in [1.29, 1.82) is 0 Å². The monoisotopic (exact) mass is 317 g/mol. The molecule has 0 spiro atoms. The zero-order valence-electron chi connectivity index (χ0n) is 14.2. The number of carbonyl (C=O) groups is 1. The molecule has 3 rings (SSSR count). The Labute approximate surface area is 138 Å². The van der Waals surface area contributed by atoms with Crippen molar-refractivity contribution in [3.63, 3.8) is 0 Å². The van der Waals surface area contributed by atoms with Crippen molar-refractivity contribution in [2.24, 2.45) is 0 Å². The van der Waals surface area contributed by atoms with Gasteiger partial charge < -0.3 is 14.5 Å². The van der Waals surface area contributed by atoms with Crippen molar-refractivity contribution in [2.45, 2.75) is 18.9 Å². The molecule has 23 heavy (non-hydrogen) atoms. The summed E-state index contributed by atoms with van der Waals surface area (Å²) in [7, 11) is 2.09. The van der Waals surface area contributed by atoms with Gasteiger partial charge in [0.05, 0.1) is 13.2 Å². The molecule has 1 aromatic rings. The maximum absolute atomic E-state index is 12.7. The van der Waals surface area contributed by atoms with Crippen LogP contribution in [0, 0.1) is 0 Å². The lowest BCUT2D eigenvalue weighted by atomic mass is 9.94. The fourth-order valence-electron chi connectivity index (χ4n) is 3.35. The number of nitrogens with zero attached hydrogens (tertiary/aromatic N) is 3. The summed E-state index contributed by atoms with van der Waals surface area (Å²) in [5.41, 5.74) is 1.07. The van der Waals surface area contributed by atoms with Crippen LogP contribution in [0.25, 0.3) is 0 Å². The van der Waals surface area contributed by atoms with Crippen LogP contribution < -0.4 is 4.90 Å². The predicted molar refractivity (Wildman–Crippen MR) is 91.7 cm³/mol. The van der Waals surface area contributed by atoms with Crippen molar-refractivity contribution in [3.8, 4) is 0 Å². The summed E-state index contributed by atoms with van der Waals surface area (Å²) >= 11 is 0. The topological polar surface area (TPSA) is 36.0 Å². The maximum Gasteiger partial charge on any atom is 0.224 e. The van der Waals surface area contributed by atoms with Crippen LogP contribution in [0.3, 0.4) is 0 Å². The molecule has 0 N–H and O–H groups in total. The van der Waals surface area contributed by atoms with E-state index in [4.69, 9.17) is 4.74 Å². The minimum Gasteiger partial charge on any atom is -0.378 e. The number of ether oxygens (including phenoxy) is 1. The smallest absolute Gasteiger partial charge is 0.224 e. The van der Waals surface area contributed by atoms with Crippen LogP contribution in [-0.2, 0) is 9.53 Å². The average Bonchev–Trinajstić information content (AvgIpc) is 2.58. The Bertz CT molecular complexity index is 528. The third kappa shape index (κ3) is 3.67. The molecule has 0 saturated carbocycles. The number of hydrogen-bond donors (Lipinski definition) is 0. The molecule has 1 aromatic carbocycles. The molecule has 2 aliphatic heterocycles. The number of likely N-dealkylation sites (N-methyl/N-ethyl adjacent to an activating group) is 1. The van der Waals surface area contributed by atoms with Crippen LogP contribution in [0.5, 0.6) is 0 Å². The molecule has 1 amide bonds. The van der Waals surface area contributed by atoms with Gasteiger partial charge in [-0.25, -0.2) is 0 Å². The fourth-order valence-corrected chi connectivity index (χ4v) is 3.35. The molecular weight excluding hydrogens is 290 g/mol. The Morgan fingerprint density at radius 3 is 2.48 bits per heavy atom. The Morgan fingerprint density at radius 1 is 1.13 bits per heavy atom. The zero-order valence-corrected chi connectivity index (χ0v) is 14.2. The van der Waals surface area contributed by atoms with Gasteiger partial charge in [-0.2, -0.15) is 0 Å². The SMILES string of the molecule is CN1CCOCC1(C)CC(=O)N1CCN(c2ccccc2)CC1. The lowest BCUT2D eigenvalue weighted by Crippen LogP contribution is -2.57. The second kappa shape index (κ2) is 6.89. The molecule has 0 aromatic heterocycles. The molecule has 2 heterocycles. The third-order valence-electron chi connectivity index (χ3n) is 5.19. The van der Waals surface area contributed by atoms with E-state index in [1.165, 1.54) is 5.69 Å². The number of carbonyl (C=O) groups excluding carboxylic acids is 1. The van der Waals surface area contributed by atoms with E-state index < -0.39 is 0 Å². The van der Waals surface area contributed by atoms with Crippen LogP contribution in [0.1, 0.15) is 13.3 Å². The highest BCUT2D eigenvalue weighted by atomic mass is 16.5. The van der Waals surface area contributed by atoms with E-state index >= 15 is 0 Å². The van der Waals surface area contributed by atoms with E-state index in [1.807, 2.05) is 11.0 Å². The van der Waals surface area contributed by atoms with Gasteiger partial charge in [0.1, 0.15) is 0 Å².